The number of rotatable bonds is 7. The highest BCUT2D eigenvalue weighted by molar-refractivity contribution is 14.0. The molecular weight excluding hydrogens is 394 g/mol. The summed E-state index contributed by atoms with van der Waals surface area (Å²) in [5.41, 5.74) is 7.25. The van der Waals surface area contributed by atoms with E-state index >= 15 is 0 Å². The van der Waals surface area contributed by atoms with Gasteiger partial charge in [0.05, 0.1) is 12.2 Å². The van der Waals surface area contributed by atoms with E-state index in [1.807, 2.05) is 37.8 Å². The predicted octanol–water partition coefficient (Wildman–Crippen LogP) is 3.49. The average molecular weight is 422 g/mol. The molecule has 6 heteroatoms. The van der Waals surface area contributed by atoms with Crippen molar-refractivity contribution in [1.82, 2.24) is 5.32 Å². The Morgan fingerprint density at radius 2 is 1.95 bits per heavy atom. The fourth-order valence-electron chi connectivity index (χ4n) is 2.05. The van der Waals surface area contributed by atoms with Gasteiger partial charge in [0.15, 0.2) is 5.96 Å². The van der Waals surface area contributed by atoms with Gasteiger partial charge in [-0.15, -0.1) is 24.0 Å². The first-order valence-electron chi connectivity index (χ1n) is 7.61. The molecule has 0 saturated heterocycles. The van der Waals surface area contributed by atoms with Crippen LogP contribution in [-0.4, -0.2) is 25.1 Å². The molecule has 0 amide bonds. The van der Waals surface area contributed by atoms with E-state index in [0.29, 0.717) is 18.2 Å². The van der Waals surface area contributed by atoms with Crippen LogP contribution >= 0.6 is 24.0 Å². The maximum absolute atomic E-state index is 14.1. The van der Waals surface area contributed by atoms with Crippen LogP contribution in [0.3, 0.4) is 0 Å². The van der Waals surface area contributed by atoms with Gasteiger partial charge in [-0.05, 0) is 44.9 Å². The Morgan fingerprint density at radius 3 is 2.45 bits per heavy atom. The summed E-state index contributed by atoms with van der Waals surface area (Å²) in [5.74, 6) is 0.192. The Morgan fingerprint density at radius 1 is 1.32 bits per heavy atom. The van der Waals surface area contributed by atoms with Gasteiger partial charge in [-0.3, -0.25) is 0 Å². The summed E-state index contributed by atoms with van der Waals surface area (Å²) in [6.45, 7) is 10.1. The normalized spacial score (nSPS) is 12.5. The van der Waals surface area contributed by atoms with Crippen molar-refractivity contribution in [2.45, 2.75) is 46.7 Å². The maximum Gasteiger partial charge on any atom is 0.189 e. The molecule has 1 rings (SSSR count). The van der Waals surface area contributed by atoms with Gasteiger partial charge in [0.1, 0.15) is 5.82 Å². The molecule has 0 fully saturated rings. The Hall–Kier alpha value is -1.05. The zero-order valence-corrected chi connectivity index (χ0v) is 16.2. The van der Waals surface area contributed by atoms with E-state index in [9.17, 15) is 4.39 Å². The quantitative estimate of drug-likeness (QED) is 0.402. The smallest absolute Gasteiger partial charge is 0.189 e. The molecule has 1 unspecified atom stereocenters. The number of nitrogens with one attached hydrogen (secondary N) is 1. The summed E-state index contributed by atoms with van der Waals surface area (Å²) >= 11 is 0. The first kappa shape index (κ1) is 20.9. The minimum Gasteiger partial charge on any atom is -0.370 e. The van der Waals surface area contributed by atoms with Gasteiger partial charge in [0.2, 0.25) is 0 Å². The van der Waals surface area contributed by atoms with Crippen molar-refractivity contribution in [2.24, 2.45) is 10.7 Å². The Labute approximate surface area is 150 Å². The molecule has 4 nitrogen and oxygen atoms in total. The summed E-state index contributed by atoms with van der Waals surface area (Å²) in [6.07, 6.45) is 0.976. The Bertz CT molecular complexity index is 475. The fraction of sp³-hybridized carbons (Fsp3) is 0.562. The minimum atomic E-state index is -0.208. The number of hydrogen-bond donors (Lipinski definition) is 2. The van der Waals surface area contributed by atoms with Crippen molar-refractivity contribution in [1.29, 1.82) is 0 Å². The van der Waals surface area contributed by atoms with Crippen molar-refractivity contribution >= 4 is 35.6 Å². The number of guanidine groups is 1. The van der Waals surface area contributed by atoms with E-state index in [1.54, 1.807) is 0 Å². The molecule has 1 aromatic carbocycles. The number of anilines is 1. The second-order valence-electron chi connectivity index (χ2n) is 5.11. The van der Waals surface area contributed by atoms with E-state index in [0.717, 1.165) is 25.1 Å². The lowest BCUT2D eigenvalue weighted by atomic mass is 10.2. The SMILES string of the molecule is CCC(C)NC(N)=NCc1ccc(N(CC)CC)c(F)c1.I. The zero-order valence-electron chi connectivity index (χ0n) is 13.9. The lowest BCUT2D eigenvalue weighted by molar-refractivity contribution is 0.617. The average Bonchev–Trinajstić information content (AvgIpc) is 2.48. The molecule has 1 atom stereocenters. The van der Waals surface area contributed by atoms with Crippen LogP contribution < -0.4 is 16.0 Å². The number of nitrogens with zero attached hydrogens (tertiary/aromatic N) is 2. The van der Waals surface area contributed by atoms with E-state index in [1.165, 1.54) is 6.07 Å². The van der Waals surface area contributed by atoms with Crippen LogP contribution in [0.15, 0.2) is 23.2 Å². The minimum absolute atomic E-state index is 0. The zero-order chi connectivity index (χ0) is 15.8. The van der Waals surface area contributed by atoms with Gasteiger partial charge < -0.3 is 16.0 Å². The summed E-state index contributed by atoms with van der Waals surface area (Å²) in [4.78, 5) is 6.23. The highest BCUT2D eigenvalue weighted by Gasteiger charge is 2.09. The van der Waals surface area contributed by atoms with E-state index in [-0.39, 0.29) is 35.8 Å². The molecule has 126 valence electrons. The summed E-state index contributed by atoms with van der Waals surface area (Å²) in [7, 11) is 0. The van der Waals surface area contributed by atoms with E-state index < -0.39 is 0 Å². The topological polar surface area (TPSA) is 53.6 Å². The number of nitrogens with two attached hydrogens (primary N) is 1. The highest BCUT2D eigenvalue weighted by atomic mass is 127. The van der Waals surface area contributed by atoms with Gasteiger partial charge >= 0.3 is 0 Å². The van der Waals surface area contributed by atoms with Crippen LogP contribution in [0.1, 0.15) is 39.7 Å². The molecule has 0 aliphatic heterocycles. The van der Waals surface area contributed by atoms with Gasteiger partial charge in [-0.25, -0.2) is 9.38 Å². The van der Waals surface area contributed by atoms with Crippen molar-refractivity contribution < 1.29 is 4.39 Å². The van der Waals surface area contributed by atoms with Crippen LogP contribution in [0.25, 0.3) is 0 Å². The molecule has 22 heavy (non-hydrogen) atoms. The number of halogens is 2. The van der Waals surface area contributed by atoms with E-state index in [2.05, 4.69) is 17.2 Å². The molecule has 0 heterocycles. The standard InChI is InChI=1S/C16H27FN4.HI/c1-5-12(4)20-16(18)19-11-13-8-9-15(14(17)10-13)21(6-2)7-3;/h8-10,12H,5-7,11H2,1-4H3,(H3,18,19,20);1H. The summed E-state index contributed by atoms with van der Waals surface area (Å²) in [5, 5.41) is 3.09. The molecule has 0 spiro atoms. The van der Waals surface area contributed by atoms with Crippen LogP contribution in [0.2, 0.25) is 0 Å². The molecule has 0 saturated carbocycles. The third kappa shape index (κ3) is 6.37. The largest absolute Gasteiger partial charge is 0.370 e. The molecular formula is C16H28FIN4. The van der Waals surface area contributed by atoms with Gasteiger partial charge in [0, 0.05) is 19.1 Å². The molecule has 0 aliphatic carbocycles. The van der Waals surface area contributed by atoms with Crippen molar-refractivity contribution in [3.8, 4) is 0 Å². The summed E-state index contributed by atoms with van der Waals surface area (Å²) in [6, 6.07) is 5.53. The van der Waals surface area contributed by atoms with Gasteiger partial charge in [-0.2, -0.15) is 0 Å². The predicted molar refractivity (Wildman–Crippen MR) is 104 cm³/mol. The third-order valence-electron chi connectivity index (χ3n) is 3.55. The second-order valence-corrected chi connectivity index (χ2v) is 5.11. The first-order chi connectivity index (χ1) is 10.0. The van der Waals surface area contributed by atoms with Crippen LogP contribution in [0.5, 0.6) is 0 Å². The lowest BCUT2D eigenvalue weighted by Gasteiger charge is -2.21. The molecule has 0 aromatic heterocycles. The Balaban J connectivity index is 0.00000441. The second kappa shape index (κ2) is 10.6. The van der Waals surface area contributed by atoms with Crippen LogP contribution in [0.4, 0.5) is 10.1 Å². The monoisotopic (exact) mass is 422 g/mol. The third-order valence-corrected chi connectivity index (χ3v) is 3.55. The lowest BCUT2D eigenvalue weighted by Crippen LogP contribution is -2.38. The van der Waals surface area contributed by atoms with E-state index in [4.69, 9.17) is 5.73 Å². The number of hydrogen-bond acceptors (Lipinski definition) is 2. The maximum atomic E-state index is 14.1. The van der Waals surface area contributed by atoms with Gasteiger partial charge in [0.25, 0.3) is 0 Å². The van der Waals surface area contributed by atoms with Crippen LogP contribution in [0, 0.1) is 5.82 Å². The van der Waals surface area contributed by atoms with Gasteiger partial charge in [-0.1, -0.05) is 13.0 Å². The fourth-order valence-corrected chi connectivity index (χ4v) is 2.05. The highest BCUT2D eigenvalue weighted by Crippen LogP contribution is 2.20. The molecule has 0 bridgehead atoms. The van der Waals surface area contributed by atoms with Crippen molar-refractivity contribution in [3.63, 3.8) is 0 Å². The molecule has 0 aliphatic rings. The molecule has 3 N–H and O–H groups in total. The number of aliphatic imine (C=N–C) groups is 1. The molecule has 0 radical (unpaired) electrons. The van der Waals surface area contributed by atoms with Crippen molar-refractivity contribution in [3.05, 3.63) is 29.6 Å². The van der Waals surface area contributed by atoms with Crippen molar-refractivity contribution in [2.75, 3.05) is 18.0 Å². The van der Waals surface area contributed by atoms with Crippen LogP contribution in [-0.2, 0) is 6.54 Å². The summed E-state index contributed by atoms with van der Waals surface area (Å²) < 4.78 is 14.1. The first-order valence-corrected chi connectivity index (χ1v) is 7.61. The Kier molecular flexibility index (Phi) is 10.1. The number of benzene rings is 1. The molecule has 1 aromatic rings.